The molecule has 0 heterocycles. The van der Waals surface area contributed by atoms with E-state index in [-0.39, 0.29) is 12.7 Å². The summed E-state index contributed by atoms with van der Waals surface area (Å²) in [5.74, 6) is 1.67. The fourth-order valence-electron chi connectivity index (χ4n) is 3.14. The third-order valence-electron chi connectivity index (χ3n) is 4.19. The molecule has 2 N–H and O–H groups in total. The van der Waals surface area contributed by atoms with Crippen molar-refractivity contribution in [2.45, 2.75) is 46.1 Å². The summed E-state index contributed by atoms with van der Waals surface area (Å²) >= 11 is 0. The molecule has 0 aromatic heterocycles. The predicted molar refractivity (Wildman–Crippen MR) is 70.9 cm³/mol. The van der Waals surface area contributed by atoms with Crippen LogP contribution in [0.2, 0.25) is 0 Å². The van der Waals surface area contributed by atoms with Crippen molar-refractivity contribution in [3.63, 3.8) is 0 Å². The molecular formula is C14H29NO2. The Bertz CT molecular complexity index is 198. The van der Waals surface area contributed by atoms with Crippen LogP contribution in [0.15, 0.2) is 0 Å². The minimum absolute atomic E-state index is 0.142. The summed E-state index contributed by atoms with van der Waals surface area (Å²) in [7, 11) is 0. The van der Waals surface area contributed by atoms with Crippen LogP contribution in [0.4, 0.5) is 0 Å². The quantitative estimate of drug-likeness (QED) is 0.747. The summed E-state index contributed by atoms with van der Waals surface area (Å²) in [4.78, 5) is 2.36. The molecule has 3 heteroatoms. The Morgan fingerprint density at radius 3 is 2.47 bits per heavy atom. The van der Waals surface area contributed by atoms with E-state index in [0.717, 1.165) is 32.5 Å². The van der Waals surface area contributed by atoms with Gasteiger partial charge in [-0.2, -0.15) is 0 Å². The second kappa shape index (κ2) is 7.34. The van der Waals surface area contributed by atoms with Crippen molar-refractivity contribution in [1.29, 1.82) is 0 Å². The zero-order valence-electron chi connectivity index (χ0n) is 11.6. The van der Waals surface area contributed by atoms with Gasteiger partial charge in [-0.05, 0) is 37.6 Å². The smallest absolute Gasteiger partial charge is 0.0585 e. The van der Waals surface area contributed by atoms with E-state index >= 15 is 0 Å². The molecular weight excluding hydrogens is 214 g/mol. The van der Waals surface area contributed by atoms with Gasteiger partial charge in [-0.3, -0.25) is 0 Å². The molecule has 102 valence electrons. The first-order valence-corrected chi connectivity index (χ1v) is 7.09. The van der Waals surface area contributed by atoms with Gasteiger partial charge in [0.1, 0.15) is 0 Å². The van der Waals surface area contributed by atoms with Crippen molar-refractivity contribution in [2.75, 3.05) is 26.2 Å². The average molecular weight is 243 g/mol. The third-order valence-corrected chi connectivity index (χ3v) is 4.19. The maximum absolute atomic E-state index is 10.2. The van der Waals surface area contributed by atoms with Gasteiger partial charge in [0.05, 0.1) is 6.10 Å². The molecule has 3 nitrogen and oxygen atoms in total. The zero-order chi connectivity index (χ0) is 12.8. The van der Waals surface area contributed by atoms with Crippen molar-refractivity contribution in [3.05, 3.63) is 0 Å². The van der Waals surface area contributed by atoms with Gasteiger partial charge < -0.3 is 15.1 Å². The molecule has 0 aromatic rings. The molecule has 17 heavy (non-hydrogen) atoms. The van der Waals surface area contributed by atoms with Crippen LogP contribution in [-0.2, 0) is 0 Å². The van der Waals surface area contributed by atoms with Gasteiger partial charge in [-0.1, -0.05) is 20.8 Å². The lowest BCUT2D eigenvalue weighted by molar-refractivity contribution is -0.00189. The number of aliphatic hydroxyl groups excluding tert-OH is 2. The summed E-state index contributed by atoms with van der Waals surface area (Å²) in [6.07, 6.45) is 2.88. The lowest BCUT2D eigenvalue weighted by atomic mass is 9.73. The lowest BCUT2D eigenvalue weighted by Crippen LogP contribution is -2.43. The highest BCUT2D eigenvalue weighted by molar-refractivity contribution is 4.84. The minimum atomic E-state index is -0.142. The predicted octanol–water partition coefficient (Wildman–Crippen LogP) is 1.73. The second-order valence-electron chi connectivity index (χ2n) is 5.76. The summed E-state index contributed by atoms with van der Waals surface area (Å²) in [6.45, 7) is 9.84. The van der Waals surface area contributed by atoms with Crippen LogP contribution in [0, 0.1) is 17.8 Å². The van der Waals surface area contributed by atoms with Crippen molar-refractivity contribution in [1.82, 2.24) is 4.90 Å². The van der Waals surface area contributed by atoms with E-state index in [1.54, 1.807) is 0 Å². The molecule has 0 radical (unpaired) electrons. The van der Waals surface area contributed by atoms with E-state index < -0.39 is 0 Å². The molecule has 0 spiro atoms. The first-order chi connectivity index (χ1) is 8.08. The lowest BCUT2D eigenvalue weighted by Gasteiger charge is -2.39. The SMILES string of the molecule is CCN(CCCO)CC1C(C)CC(C)CC1O. The third kappa shape index (κ3) is 4.57. The Morgan fingerprint density at radius 2 is 1.94 bits per heavy atom. The summed E-state index contributed by atoms with van der Waals surface area (Å²) in [5, 5.41) is 19.1. The van der Waals surface area contributed by atoms with E-state index in [9.17, 15) is 5.11 Å². The molecule has 0 aromatic carbocycles. The maximum Gasteiger partial charge on any atom is 0.0585 e. The first kappa shape index (κ1) is 14.9. The summed E-state index contributed by atoms with van der Waals surface area (Å²) in [5.41, 5.74) is 0. The maximum atomic E-state index is 10.2. The standard InChI is InChI=1S/C14H29NO2/c1-4-15(6-5-7-16)10-13-12(3)8-11(2)9-14(13)17/h11-14,16-17H,4-10H2,1-3H3. The van der Waals surface area contributed by atoms with Crippen LogP contribution in [0.5, 0.6) is 0 Å². The molecule has 0 bridgehead atoms. The fourth-order valence-corrected chi connectivity index (χ4v) is 3.14. The zero-order valence-corrected chi connectivity index (χ0v) is 11.6. The first-order valence-electron chi connectivity index (χ1n) is 7.09. The van der Waals surface area contributed by atoms with Crippen molar-refractivity contribution in [3.8, 4) is 0 Å². The topological polar surface area (TPSA) is 43.7 Å². The van der Waals surface area contributed by atoms with Crippen molar-refractivity contribution < 1.29 is 10.2 Å². The summed E-state index contributed by atoms with van der Waals surface area (Å²) < 4.78 is 0. The van der Waals surface area contributed by atoms with E-state index in [0.29, 0.717) is 17.8 Å². The van der Waals surface area contributed by atoms with Crippen LogP contribution in [0.25, 0.3) is 0 Å². The van der Waals surface area contributed by atoms with Gasteiger partial charge in [0.2, 0.25) is 0 Å². The Balaban J connectivity index is 2.46. The second-order valence-corrected chi connectivity index (χ2v) is 5.76. The highest BCUT2D eigenvalue weighted by Gasteiger charge is 2.33. The molecule has 4 atom stereocenters. The van der Waals surface area contributed by atoms with Crippen molar-refractivity contribution in [2.24, 2.45) is 17.8 Å². The van der Waals surface area contributed by atoms with Gasteiger partial charge in [-0.25, -0.2) is 0 Å². The molecule has 1 rings (SSSR count). The molecule has 0 amide bonds. The number of rotatable bonds is 6. The molecule has 4 unspecified atom stereocenters. The van der Waals surface area contributed by atoms with Gasteiger partial charge in [0.25, 0.3) is 0 Å². The van der Waals surface area contributed by atoms with E-state index in [1.807, 2.05) is 0 Å². The van der Waals surface area contributed by atoms with Gasteiger partial charge in [0, 0.05) is 25.6 Å². The van der Waals surface area contributed by atoms with E-state index in [2.05, 4.69) is 25.7 Å². The number of nitrogens with zero attached hydrogens (tertiary/aromatic N) is 1. The molecule has 1 aliphatic rings. The van der Waals surface area contributed by atoms with Gasteiger partial charge in [0.15, 0.2) is 0 Å². The van der Waals surface area contributed by atoms with E-state index in [1.165, 1.54) is 6.42 Å². The highest BCUT2D eigenvalue weighted by atomic mass is 16.3. The van der Waals surface area contributed by atoms with Crippen LogP contribution in [0.3, 0.4) is 0 Å². The molecule has 1 aliphatic carbocycles. The number of hydrogen-bond donors (Lipinski definition) is 2. The van der Waals surface area contributed by atoms with Crippen LogP contribution in [-0.4, -0.2) is 47.5 Å². The molecule has 1 fully saturated rings. The van der Waals surface area contributed by atoms with Gasteiger partial charge in [-0.15, -0.1) is 0 Å². The molecule has 0 aliphatic heterocycles. The normalized spacial score (nSPS) is 34.2. The van der Waals surface area contributed by atoms with Crippen LogP contribution >= 0.6 is 0 Å². The number of aliphatic hydroxyl groups is 2. The monoisotopic (exact) mass is 243 g/mol. The average Bonchev–Trinajstić information content (AvgIpc) is 2.27. The molecule has 1 saturated carbocycles. The Hall–Kier alpha value is -0.120. The summed E-state index contributed by atoms with van der Waals surface area (Å²) in [6, 6.07) is 0. The fraction of sp³-hybridized carbons (Fsp3) is 1.00. The largest absolute Gasteiger partial charge is 0.396 e. The van der Waals surface area contributed by atoms with Crippen LogP contribution < -0.4 is 0 Å². The highest BCUT2D eigenvalue weighted by Crippen LogP contribution is 2.34. The Labute approximate surface area is 106 Å². The van der Waals surface area contributed by atoms with Crippen LogP contribution in [0.1, 0.15) is 40.0 Å². The number of hydrogen-bond acceptors (Lipinski definition) is 3. The van der Waals surface area contributed by atoms with Crippen molar-refractivity contribution >= 4 is 0 Å². The molecule has 0 saturated heterocycles. The Morgan fingerprint density at radius 1 is 1.24 bits per heavy atom. The van der Waals surface area contributed by atoms with Gasteiger partial charge >= 0.3 is 0 Å². The van der Waals surface area contributed by atoms with E-state index in [4.69, 9.17) is 5.11 Å². The Kier molecular flexibility index (Phi) is 6.45. The minimum Gasteiger partial charge on any atom is -0.396 e.